The molecule has 2 aromatic heterocycles. The lowest BCUT2D eigenvalue weighted by Gasteiger charge is -2.01. The summed E-state index contributed by atoms with van der Waals surface area (Å²) < 4.78 is 0.810. The predicted molar refractivity (Wildman–Crippen MR) is 74.4 cm³/mol. The Balaban J connectivity index is 2.01. The molecule has 2 heterocycles. The van der Waals surface area contributed by atoms with Crippen LogP contribution in [0.4, 0.5) is 5.69 Å². The van der Waals surface area contributed by atoms with Gasteiger partial charge in [0.15, 0.2) is 5.78 Å². The normalized spacial score (nSPS) is 10.4. The minimum atomic E-state index is -0.546. The fourth-order valence-electron chi connectivity index (χ4n) is 1.34. The molecule has 0 amide bonds. The largest absolute Gasteiger partial charge is 0.353 e. The predicted octanol–water partition coefficient (Wildman–Crippen LogP) is 3.06. The maximum atomic E-state index is 11.8. The van der Waals surface area contributed by atoms with E-state index in [0.717, 1.165) is 4.47 Å². The van der Waals surface area contributed by atoms with E-state index in [-0.39, 0.29) is 22.9 Å². The summed E-state index contributed by atoms with van der Waals surface area (Å²) in [6.07, 6.45) is 2.84. The summed E-state index contributed by atoms with van der Waals surface area (Å²) in [6, 6.07) is 4.85. The van der Waals surface area contributed by atoms with Gasteiger partial charge in [0, 0.05) is 16.7 Å². The maximum Gasteiger partial charge on any atom is 0.287 e. The van der Waals surface area contributed by atoms with Gasteiger partial charge in [-0.25, -0.2) is 4.98 Å². The van der Waals surface area contributed by atoms with Crippen LogP contribution < -0.4 is 0 Å². The van der Waals surface area contributed by atoms with Crippen LogP contribution in [0, 0.1) is 10.1 Å². The van der Waals surface area contributed by atoms with Crippen molar-refractivity contribution in [3.8, 4) is 0 Å². The van der Waals surface area contributed by atoms with E-state index in [4.69, 9.17) is 0 Å². The van der Waals surface area contributed by atoms with Gasteiger partial charge in [0.1, 0.15) is 5.03 Å². The number of ketones is 1. The number of nitro groups is 1. The molecule has 19 heavy (non-hydrogen) atoms. The van der Waals surface area contributed by atoms with Crippen molar-refractivity contribution in [1.29, 1.82) is 0 Å². The van der Waals surface area contributed by atoms with E-state index >= 15 is 0 Å². The van der Waals surface area contributed by atoms with Crippen LogP contribution in [0.5, 0.6) is 0 Å². The van der Waals surface area contributed by atoms with Crippen LogP contribution in [-0.2, 0) is 0 Å². The molecule has 0 fully saturated rings. The Morgan fingerprint density at radius 3 is 3.00 bits per heavy atom. The zero-order valence-corrected chi connectivity index (χ0v) is 11.9. The van der Waals surface area contributed by atoms with Gasteiger partial charge in [0.2, 0.25) is 0 Å². The maximum absolute atomic E-state index is 11.8. The van der Waals surface area contributed by atoms with E-state index in [1.165, 1.54) is 24.0 Å². The monoisotopic (exact) mass is 341 g/mol. The van der Waals surface area contributed by atoms with Crippen LogP contribution in [0.2, 0.25) is 0 Å². The molecule has 1 N–H and O–H groups in total. The van der Waals surface area contributed by atoms with Crippen molar-refractivity contribution >= 4 is 39.2 Å². The number of aromatic nitrogens is 2. The Bertz CT molecular complexity index is 629. The molecule has 6 nitrogen and oxygen atoms in total. The standard InChI is InChI=1S/C11H8BrN3O3S/c12-8-2-1-3-13-11(8)19-6-10(16)9-4-7(5-14-9)15(17)18/h1-5,14H,6H2. The lowest BCUT2D eigenvalue weighted by atomic mass is 10.3. The second-order valence-electron chi connectivity index (χ2n) is 3.53. The zero-order chi connectivity index (χ0) is 13.8. The molecule has 0 saturated carbocycles. The van der Waals surface area contributed by atoms with E-state index in [1.807, 2.05) is 6.07 Å². The first-order valence-electron chi connectivity index (χ1n) is 5.17. The molecule has 0 aromatic carbocycles. The minimum absolute atomic E-state index is 0.118. The summed E-state index contributed by atoms with van der Waals surface area (Å²) in [6.45, 7) is 0. The minimum Gasteiger partial charge on any atom is -0.353 e. The molecule has 0 spiro atoms. The molecule has 0 bridgehead atoms. The van der Waals surface area contributed by atoms with Crippen LogP contribution in [0.3, 0.4) is 0 Å². The van der Waals surface area contributed by atoms with E-state index < -0.39 is 4.92 Å². The highest BCUT2D eigenvalue weighted by Gasteiger charge is 2.15. The Kier molecular flexibility index (Phi) is 4.33. The Morgan fingerprint density at radius 1 is 1.58 bits per heavy atom. The number of hydrogen-bond acceptors (Lipinski definition) is 5. The summed E-state index contributed by atoms with van der Waals surface area (Å²) in [5.41, 5.74) is 0.110. The molecule has 0 atom stereocenters. The van der Waals surface area contributed by atoms with E-state index in [2.05, 4.69) is 25.9 Å². The lowest BCUT2D eigenvalue weighted by Crippen LogP contribution is -2.02. The van der Waals surface area contributed by atoms with Crippen LogP contribution in [0.1, 0.15) is 10.5 Å². The number of Topliss-reactive ketones (excluding diaryl/α,β-unsaturated/α-hetero) is 1. The number of hydrogen-bond donors (Lipinski definition) is 1. The molecule has 8 heteroatoms. The highest BCUT2D eigenvalue weighted by molar-refractivity contribution is 9.10. The molecule has 0 aliphatic heterocycles. The number of carbonyl (C=O) groups excluding carboxylic acids is 1. The first-order chi connectivity index (χ1) is 9.08. The number of halogens is 1. The van der Waals surface area contributed by atoms with Gasteiger partial charge in [0.05, 0.1) is 22.6 Å². The highest BCUT2D eigenvalue weighted by atomic mass is 79.9. The number of aromatic amines is 1. The molecule has 0 aliphatic rings. The van der Waals surface area contributed by atoms with Gasteiger partial charge in [-0.2, -0.15) is 0 Å². The SMILES string of the molecule is O=C(CSc1ncccc1Br)c1cc([N+](=O)[O-])c[nH]1. The van der Waals surface area contributed by atoms with Crippen molar-refractivity contribution in [2.45, 2.75) is 5.03 Å². The second-order valence-corrected chi connectivity index (χ2v) is 5.35. The van der Waals surface area contributed by atoms with Crippen LogP contribution >= 0.6 is 27.7 Å². The quantitative estimate of drug-likeness (QED) is 0.390. The van der Waals surface area contributed by atoms with Gasteiger partial charge in [-0.15, -0.1) is 0 Å². The van der Waals surface area contributed by atoms with E-state index in [1.54, 1.807) is 12.3 Å². The molecule has 2 aromatic rings. The number of carbonyl (C=O) groups is 1. The number of nitrogens with one attached hydrogen (secondary N) is 1. The van der Waals surface area contributed by atoms with Crippen molar-refractivity contribution in [2.24, 2.45) is 0 Å². The highest BCUT2D eigenvalue weighted by Crippen LogP contribution is 2.25. The smallest absolute Gasteiger partial charge is 0.287 e. The van der Waals surface area contributed by atoms with Gasteiger partial charge >= 0.3 is 0 Å². The Labute approximate surface area is 120 Å². The third-order valence-corrected chi connectivity index (χ3v) is 4.15. The number of rotatable bonds is 5. The average molecular weight is 342 g/mol. The molecular weight excluding hydrogens is 334 g/mol. The molecule has 0 radical (unpaired) electrons. The van der Waals surface area contributed by atoms with Crippen molar-refractivity contribution in [3.63, 3.8) is 0 Å². The Morgan fingerprint density at radius 2 is 2.37 bits per heavy atom. The summed E-state index contributed by atoms with van der Waals surface area (Å²) >= 11 is 4.60. The molecule has 98 valence electrons. The van der Waals surface area contributed by atoms with Crippen molar-refractivity contribution < 1.29 is 9.72 Å². The van der Waals surface area contributed by atoms with Gasteiger partial charge in [0.25, 0.3) is 5.69 Å². The fraction of sp³-hybridized carbons (Fsp3) is 0.0909. The topological polar surface area (TPSA) is 88.9 Å². The summed E-state index contributed by atoms with van der Waals surface area (Å²) in [5, 5.41) is 11.2. The van der Waals surface area contributed by atoms with Gasteiger partial charge in [-0.3, -0.25) is 14.9 Å². The number of pyridine rings is 1. The second kappa shape index (κ2) is 5.98. The average Bonchev–Trinajstić information content (AvgIpc) is 2.87. The fourth-order valence-corrected chi connectivity index (χ4v) is 2.70. The summed E-state index contributed by atoms with van der Waals surface area (Å²) in [4.78, 5) is 28.5. The van der Waals surface area contributed by atoms with Gasteiger partial charge < -0.3 is 4.98 Å². The third kappa shape index (κ3) is 3.42. The van der Waals surface area contributed by atoms with Crippen LogP contribution in [0.15, 0.2) is 40.1 Å². The zero-order valence-electron chi connectivity index (χ0n) is 9.50. The van der Waals surface area contributed by atoms with E-state index in [9.17, 15) is 14.9 Å². The van der Waals surface area contributed by atoms with Crippen LogP contribution in [0.25, 0.3) is 0 Å². The van der Waals surface area contributed by atoms with Gasteiger partial charge in [-0.1, -0.05) is 11.8 Å². The first kappa shape index (κ1) is 13.8. The van der Waals surface area contributed by atoms with Crippen molar-refractivity contribution in [1.82, 2.24) is 9.97 Å². The molecule has 0 aliphatic carbocycles. The Hall–Kier alpha value is -1.67. The van der Waals surface area contributed by atoms with Crippen LogP contribution in [-0.4, -0.2) is 26.4 Å². The first-order valence-corrected chi connectivity index (χ1v) is 6.95. The molecule has 0 unspecified atom stereocenters. The number of H-pyrrole nitrogens is 1. The van der Waals surface area contributed by atoms with Crippen molar-refractivity contribution in [2.75, 3.05) is 5.75 Å². The molecule has 2 rings (SSSR count). The van der Waals surface area contributed by atoms with Crippen molar-refractivity contribution in [3.05, 3.63) is 50.9 Å². The number of thioether (sulfide) groups is 1. The molecular formula is C11H8BrN3O3S. The lowest BCUT2D eigenvalue weighted by molar-refractivity contribution is -0.384. The summed E-state index contributed by atoms with van der Waals surface area (Å²) in [5.74, 6) is -0.0524. The van der Waals surface area contributed by atoms with E-state index in [0.29, 0.717) is 5.03 Å². The number of nitrogens with zero attached hydrogens (tertiary/aromatic N) is 2. The molecule has 0 saturated heterocycles. The van der Waals surface area contributed by atoms with Gasteiger partial charge in [-0.05, 0) is 28.1 Å². The summed E-state index contributed by atoms with van der Waals surface area (Å²) in [7, 11) is 0. The third-order valence-electron chi connectivity index (χ3n) is 2.24.